The van der Waals surface area contributed by atoms with E-state index < -0.39 is 22.3 Å². The second kappa shape index (κ2) is 11.1. The summed E-state index contributed by atoms with van der Waals surface area (Å²) in [6, 6.07) is 3.63. The maximum absolute atomic E-state index is 11.8. The van der Waals surface area contributed by atoms with Crippen molar-refractivity contribution in [3.05, 3.63) is 58.9 Å². The molecular formula is C28H32N8O7. The summed E-state index contributed by atoms with van der Waals surface area (Å²) in [5.74, 6) is -2.51. The molecule has 0 radical (unpaired) electrons. The van der Waals surface area contributed by atoms with E-state index in [1.54, 1.807) is 12.3 Å². The summed E-state index contributed by atoms with van der Waals surface area (Å²) in [5, 5.41) is 38.1. The van der Waals surface area contributed by atoms with Crippen molar-refractivity contribution in [3.63, 3.8) is 0 Å². The van der Waals surface area contributed by atoms with Gasteiger partial charge in [0.1, 0.15) is 23.7 Å². The molecule has 0 amide bonds. The SMILES string of the molecule is O=[N+]([O-])c1c(C(O)(O)Oc2cnc3cc(N4CCOCC4)nc(OC4CCC(n5ccnc5)CC4)c3c2)cnn1C1CC1. The van der Waals surface area contributed by atoms with Gasteiger partial charge < -0.3 is 44.0 Å². The Kier molecular flexibility index (Phi) is 7.07. The molecule has 7 rings (SSSR count). The number of aromatic nitrogens is 6. The fourth-order valence-corrected chi connectivity index (χ4v) is 5.84. The van der Waals surface area contributed by atoms with Gasteiger partial charge in [-0.2, -0.15) is 4.98 Å². The first-order valence-corrected chi connectivity index (χ1v) is 14.5. The minimum Gasteiger partial charge on any atom is -0.474 e. The third kappa shape index (κ3) is 5.58. The van der Waals surface area contributed by atoms with E-state index in [-0.39, 0.29) is 17.9 Å². The molecule has 3 aliphatic rings. The molecule has 4 aromatic rings. The number of nitro groups is 1. The first kappa shape index (κ1) is 27.5. The van der Waals surface area contributed by atoms with Crippen LogP contribution in [0.4, 0.5) is 11.6 Å². The molecule has 0 atom stereocenters. The summed E-state index contributed by atoms with van der Waals surface area (Å²) >= 11 is 0. The number of imidazole rings is 1. The van der Waals surface area contributed by atoms with Crippen molar-refractivity contribution < 1.29 is 29.3 Å². The van der Waals surface area contributed by atoms with Crippen LogP contribution < -0.4 is 14.4 Å². The fourth-order valence-electron chi connectivity index (χ4n) is 5.84. The van der Waals surface area contributed by atoms with Gasteiger partial charge in [0.15, 0.2) is 5.56 Å². The highest BCUT2D eigenvalue weighted by Gasteiger charge is 2.44. The smallest absolute Gasteiger partial charge is 0.361 e. The Hall–Kier alpha value is -4.34. The van der Waals surface area contributed by atoms with Gasteiger partial charge in [0.05, 0.1) is 42.8 Å². The summed E-state index contributed by atoms with van der Waals surface area (Å²) < 4.78 is 20.9. The van der Waals surface area contributed by atoms with Gasteiger partial charge in [0, 0.05) is 37.6 Å². The highest BCUT2D eigenvalue weighted by Crippen LogP contribution is 2.41. The van der Waals surface area contributed by atoms with Crippen LogP contribution >= 0.6 is 0 Å². The summed E-state index contributed by atoms with van der Waals surface area (Å²) in [7, 11) is 0. The van der Waals surface area contributed by atoms with Crippen molar-refractivity contribution in [2.75, 3.05) is 31.2 Å². The summed E-state index contributed by atoms with van der Waals surface area (Å²) in [6.45, 7) is 2.54. The van der Waals surface area contributed by atoms with Crippen molar-refractivity contribution in [2.24, 2.45) is 0 Å². The van der Waals surface area contributed by atoms with Crippen LogP contribution in [0.3, 0.4) is 0 Å². The Morgan fingerprint density at radius 3 is 2.51 bits per heavy atom. The van der Waals surface area contributed by atoms with Crippen molar-refractivity contribution in [1.82, 2.24) is 29.3 Å². The molecule has 0 unspecified atom stereocenters. The van der Waals surface area contributed by atoms with Gasteiger partial charge >= 0.3 is 11.8 Å². The highest BCUT2D eigenvalue weighted by molar-refractivity contribution is 5.87. The number of rotatable bonds is 9. The van der Waals surface area contributed by atoms with Gasteiger partial charge in [-0.05, 0) is 49.5 Å². The number of ether oxygens (including phenoxy) is 3. The number of nitrogens with zero attached hydrogens (tertiary/aromatic N) is 8. The summed E-state index contributed by atoms with van der Waals surface area (Å²) in [4.78, 5) is 26.8. The molecule has 15 heteroatoms. The molecule has 2 saturated carbocycles. The zero-order valence-electron chi connectivity index (χ0n) is 23.4. The molecule has 0 bridgehead atoms. The Morgan fingerprint density at radius 2 is 1.81 bits per heavy atom. The normalized spacial score (nSPS) is 21.2. The predicted molar refractivity (Wildman–Crippen MR) is 151 cm³/mol. The molecule has 0 aromatic carbocycles. The van der Waals surface area contributed by atoms with Crippen LogP contribution in [-0.2, 0) is 10.7 Å². The van der Waals surface area contributed by atoms with Gasteiger partial charge in [-0.15, -0.1) is 4.68 Å². The predicted octanol–water partition coefficient (Wildman–Crippen LogP) is 2.84. The molecule has 3 fully saturated rings. The van der Waals surface area contributed by atoms with E-state index in [2.05, 4.69) is 24.5 Å². The van der Waals surface area contributed by atoms with Crippen LogP contribution in [0.15, 0.2) is 43.2 Å². The standard InChI is InChI=1S/C28H32N8O7/c37-28(38,23-16-31-35(19-1-2-19)27(23)36(39)40)43-21-13-22-24(30-15-21)14-25(33-9-11-41-12-10-33)32-26(22)42-20-5-3-18(4-6-20)34-8-7-29-17-34/h7-8,13-20,37-38H,1-6,9-12H2. The van der Waals surface area contributed by atoms with E-state index in [0.717, 1.165) is 44.7 Å². The number of aliphatic hydroxyl groups is 2. The Balaban J connectivity index is 1.18. The van der Waals surface area contributed by atoms with Crippen LogP contribution in [0, 0.1) is 10.1 Å². The lowest BCUT2D eigenvalue weighted by atomic mass is 9.93. The van der Waals surface area contributed by atoms with E-state index >= 15 is 0 Å². The lowest BCUT2D eigenvalue weighted by Crippen LogP contribution is -2.36. The van der Waals surface area contributed by atoms with Gasteiger partial charge in [-0.1, -0.05) is 5.10 Å². The molecule has 4 aromatic heterocycles. The largest absolute Gasteiger partial charge is 0.474 e. The van der Waals surface area contributed by atoms with Crippen molar-refractivity contribution in [1.29, 1.82) is 0 Å². The zero-order chi connectivity index (χ0) is 29.6. The number of hydrogen-bond acceptors (Lipinski definition) is 12. The summed E-state index contributed by atoms with van der Waals surface area (Å²) in [5.41, 5.74) is 0.122. The Morgan fingerprint density at radius 1 is 1.05 bits per heavy atom. The Bertz CT molecular complexity index is 1610. The molecule has 1 saturated heterocycles. The van der Waals surface area contributed by atoms with E-state index in [1.165, 1.54) is 10.9 Å². The molecule has 1 aliphatic heterocycles. The number of pyridine rings is 2. The average molecular weight is 593 g/mol. The maximum Gasteiger partial charge on any atom is 0.361 e. The van der Waals surface area contributed by atoms with Gasteiger partial charge in [0.25, 0.3) is 0 Å². The topological polar surface area (TPSA) is 176 Å². The molecule has 2 aliphatic carbocycles. The maximum atomic E-state index is 11.8. The minimum absolute atomic E-state index is 0.0273. The van der Waals surface area contributed by atoms with E-state index in [4.69, 9.17) is 19.2 Å². The van der Waals surface area contributed by atoms with Crippen molar-refractivity contribution in [2.45, 2.75) is 62.7 Å². The van der Waals surface area contributed by atoms with Gasteiger partial charge in [-0.3, -0.25) is 4.98 Å². The van der Waals surface area contributed by atoms with E-state index in [1.807, 2.05) is 18.6 Å². The lowest BCUT2D eigenvalue weighted by molar-refractivity contribution is -0.400. The van der Waals surface area contributed by atoms with Crippen LogP contribution in [0.5, 0.6) is 11.6 Å². The monoisotopic (exact) mass is 592 g/mol. The van der Waals surface area contributed by atoms with Crippen LogP contribution in [0.2, 0.25) is 0 Å². The van der Waals surface area contributed by atoms with E-state index in [9.17, 15) is 20.3 Å². The molecule has 15 nitrogen and oxygen atoms in total. The van der Waals surface area contributed by atoms with Gasteiger partial charge in [-0.25, -0.2) is 4.98 Å². The molecule has 43 heavy (non-hydrogen) atoms. The number of anilines is 1. The zero-order valence-corrected chi connectivity index (χ0v) is 23.4. The van der Waals surface area contributed by atoms with E-state index in [0.29, 0.717) is 54.9 Å². The van der Waals surface area contributed by atoms with Gasteiger partial charge in [0.2, 0.25) is 5.88 Å². The molecule has 226 valence electrons. The highest BCUT2D eigenvalue weighted by atomic mass is 16.8. The first-order chi connectivity index (χ1) is 20.9. The third-order valence-electron chi connectivity index (χ3n) is 8.26. The molecule has 0 spiro atoms. The number of fused-ring (bicyclic) bond motifs is 1. The Labute approximate surface area is 245 Å². The first-order valence-electron chi connectivity index (χ1n) is 14.5. The number of hydrogen-bond donors (Lipinski definition) is 2. The third-order valence-corrected chi connectivity index (χ3v) is 8.26. The molecule has 5 heterocycles. The minimum atomic E-state index is -3.03. The summed E-state index contributed by atoms with van der Waals surface area (Å²) in [6.07, 6.45) is 12.9. The fraction of sp³-hybridized carbons (Fsp3) is 0.500. The average Bonchev–Trinajstić information content (AvgIpc) is 3.49. The van der Waals surface area contributed by atoms with Crippen LogP contribution in [0.1, 0.15) is 56.2 Å². The molecular weight excluding hydrogens is 560 g/mol. The second-order valence-electron chi connectivity index (χ2n) is 11.2. The van der Waals surface area contributed by atoms with Crippen LogP contribution in [-0.4, -0.2) is 76.8 Å². The van der Waals surface area contributed by atoms with Crippen molar-refractivity contribution in [3.8, 4) is 11.6 Å². The molecule has 2 N–H and O–H groups in total. The number of morpholine rings is 1. The van der Waals surface area contributed by atoms with Crippen molar-refractivity contribution >= 4 is 22.5 Å². The van der Waals surface area contributed by atoms with Crippen LogP contribution in [0.25, 0.3) is 10.9 Å². The second-order valence-corrected chi connectivity index (χ2v) is 11.2. The quantitative estimate of drug-likeness (QED) is 0.165. The lowest BCUT2D eigenvalue weighted by Gasteiger charge is -2.31.